The van der Waals surface area contributed by atoms with Crippen LogP contribution in [0.1, 0.15) is 36.6 Å². The molecule has 2 aromatic heterocycles. The summed E-state index contributed by atoms with van der Waals surface area (Å²) in [7, 11) is 3.42. The molecule has 3 aromatic carbocycles. The highest BCUT2D eigenvalue weighted by Crippen LogP contribution is 2.29. The zero-order chi connectivity index (χ0) is 27.5. The predicted octanol–water partition coefficient (Wildman–Crippen LogP) is 4.81. The van der Waals surface area contributed by atoms with E-state index in [1.807, 2.05) is 44.3 Å². The van der Waals surface area contributed by atoms with Gasteiger partial charge in [-0.2, -0.15) is 5.10 Å². The molecule has 3 N–H and O–H groups in total. The molecule has 0 aliphatic carbocycles. The molecule has 0 fully saturated rings. The molecule has 0 atom stereocenters. The number of amides is 3. The van der Waals surface area contributed by atoms with Gasteiger partial charge in [0.05, 0.1) is 5.52 Å². The van der Waals surface area contributed by atoms with Gasteiger partial charge in [-0.15, -0.1) is 0 Å². The molecule has 3 amide bonds. The number of hydrogen-bond donors (Lipinski definition) is 3. The number of aryl methyl sites for hydroxylation is 2. The predicted molar refractivity (Wildman–Crippen MR) is 151 cm³/mol. The van der Waals surface area contributed by atoms with Crippen molar-refractivity contribution >= 4 is 40.0 Å². The zero-order valence-electron chi connectivity index (χ0n) is 21.6. The van der Waals surface area contributed by atoms with Crippen molar-refractivity contribution in [2.45, 2.75) is 6.92 Å². The Morgan fingerprint density at radius 1 is 0.744 bits per heavy atom. The smallest absolute Gasteiger partial charge is 0.255 e. The van der Waals surface area contributed by atoms with Crippen molar-refractivity contribution in [3.05, 3.63) is 107 Å². The number of rotatable bonds is 6. The van der Waals surface area contributed by atoms with E-state index >= 15 is 0 Å². The molecule has 0 saturated heterocycles. The molecule has 194 valence electrons. The molecular weight excluding hydrogens is 492 g/mol. The molecule has 0 radical (unpaired) electrons. The van der Waals surface area contributed by atoms with Crippen LogP contribution >= 0.6 is 0 Å². The fourth-order valence-electron chi connectivity index (χ4n) is 4.28. The van der Waals surface area contributed by atoms with Crippen LogP contribution in [0.5, 0.6) is 0 Å². The minimum Gasteiger partial charge on any atom is -0.355 e. The maximum absolute atomic E-state index is 13.2. The van der Waals surface area contributed by atoms with Crippen LogP contribution in [0.4, 0.5) is 11.4 Å². The van der Waals surface area contributed by atoms with Crippen LogP contribution in [-0.2, 0) is 7.05 Å². The van der Waals surface area contributed by atoms with E-state index in [9.17, 15) is 14.4 Å². The van der Waals surface area contributed by atoms with Gasteiger partial charge in [0.2, 0.25) is 0 Å². The van der Waals surface area contributed by atoms with E-state index in [0.717, 1.165) is 27.7 Å². The number of carbonyl (C=O) groups is 3. The monoisotopic (exact) mass is 518 g/mol. The average Bonchev–Trinajstić information content (AvgIpc) is 3.30. The first-order valence-corrected chi connectivity index (χ1v) is 12.3. The molecule has 5 aromatic rings. The number of carbonyl (C=O) groups excluding carboxylic acids is 3. The van der Waals surface area contributed by atoms with Gasteiger partial charge in [-0.05, 0) is 79.2 Å². The standard InChI is InChI=1S/C30H26N6O3/c1-18-4-10-23(17-25(18)34-29(38)21-7-5-20(6-8-21)28(37)31-2)33-30(39)22-9-11-26-24(16-22)27(35-36(26)3)19-12-14-32-15-13-19/h4-17H,1-3H3,(H,31,37)(H,33,39)(H,34,38). The van der Waals surface area contributed by atoms with Crippen LogP contribution in [0.25, 0.3) is 22.2 Å². The number of nitrogens with zero attached hydrogens (tertiary/aromatic N) is 3. The summed E-state index contributed by atoms with van der Waals surface area (Å²) in [4.78, 5) is 41.9. The number of hydrogen-bond acceptors (Lipinski definition) is 5. The number of nitrogens with one attached hydrogen (secondary N) is 3. The second-order valence-electron chi connectivity index (χ2n) is 9.03. The molecule has 0 spiro atoms. The van der Waals surface area contributed by atoms with Crippen LogP contribution in [-0.4, -0.2) is 39.5 Å². The van der Waals surface area contributed by atoms with Crippen LogP contribution in [0, 0.1) is 6.92 Å². The molecule has 9 heteroatoms. The van der Waals surface area contributed by atoms with Gasteiger partial charge in [-0.1, -0.05) is 6.07 Å². The van der Waals surface area contributed by atoms with Crippen molar-refractivity contribution in [1.29, 1.82) is 0 Å². The van der Waals surface area contributed by atoms with Crippen molar-refractivity contribution < 1.29 is 14.4 Å². The Labute approximate surface area is 224 Å². The molecule has 0 bridgehead atoms. The van der Waals surface area contributed by atoms with Gasteiger partial charge in [0.1, 0.15) is 5.69 Å². The zero-order valence-corrected chi connectivity index (χ0v) is 21.6. The van der Waals surface area contributed by atoms with Crippen molar-refractivity contribution in [2.24, 2.45) is 7.05 Å². The first-order chi connectivity index (χ1) is 18.8. The van der Waals surface area contributed by atoms with E-state index in [-0.39, 0.29) is 17.7 Å². The van der Waals surface area contributed by atoms with E-state index in [4.69, 9.17) is 0 Å². The lowest BCUT2D eigenvalue weighted by molar-refractivity contribution is 0.0960. The Morgan fingerprint density at radius 2 is 1.38 bits per heavy atom. The summed E-state index contributed by atoms with van der Waals surface area (Å²) >= 11 is 0. The van der Waals surface area contributed by atoms with Crippen LogP contribution < -0.4 is 16.0 Å². The van der Waals surface area contributed by atoms with Crippen molar-refractivity contribution in [2.75, 3.05) is 17.7 Å². The third-order valence-corrected chi connectivity index (χ3v) is 6.45. The van der Waals surface area contributed by atoms with E-state index in [2.05, 4.69) is 26.0 Å². The lowest BCUT2D eigenvalue weighted by Gasteiger charge is -2.12. The number of aromatic nitrogens is 3. The summed E-state index contributed by atoms with van der Waals surface area (Å²) in [6.45, 7) is 1.87. The fraction of sp³-hybridized carbons (Fsp3) is 0.100. The summed E-state index contributed by atoms with van der Waals surface area (Å²) in [6, 6.07) is 20.9. The quantitative estimate of drug-likeness (QED) is 0.298. The van der Waals surface area contributed by atoms with E-state index in [0.29, 0.717) is 28.1 Å². The number of fused-ring (bicyclic) bond motifs is 1. The molecule has 2 heterocycles. The third-order valence-electron chi connectivity index (χ3n) is 6.45. The molecule has 0 aliphatic heterocycles. The van der Waals surface area contributed by atoms with Crippen LogP contribution in [0.2, 0.25) is 0 Å². The van der Waals surface area contributed by atoms with Gasteiger partial charge in [-0.3, -0.25) is 24.0 Å². The molecule has 0 unspecified atom stereocenters. The molecule has 9 nitrogen and oxygen atoms in total. The minimum atomic E-state index is -0.323. The van der Waals surface area contributed by atoms with Crippen LogP contribution in [0.3, 0.4) is 0 Å². The Morgan fingerprint density at radius 3 is 2.08 bits per heavy atom. The topological polar surface area (TPSA) is 118 Å². The van der Waals surface area contributed by atoms with Crippen molar-refractivity contribution in [1.82, 2.24) is 20.1 Å². The number of benzene rings is 3. The second kappa shape index (κ2) is 10.6. The lowest BCUT2D eigenvalue weighted by atomic mass is 10.1. The Bertz CT molecular complexity index is 1710. The van der Waals surface area contributed by atoms with Gasteiger partial charge < -0.3 is 16.0 Å². The molecule has 0 aliphatic rings. The molecule has 39 heavy (non-hydrogen) atoms. The maximum atomic E-state index is 13.2. The summed E-state index contributed by atoms with van der Waals surface area (Å²) in [5.41, 5.74) is 5.88. The van der Waals surface area contributed by atoms with Crippen LogP contribution in [0.15, 0.2) is 85.2 Å². The molecule has 0 saturated carbocycles. The highest BCUT2D eigenvalue weighted by molar-refractivity contribution is 6.09. The third kappa shape index (κ3) is 5.24. The van der Waals surface area contributed by atoms with Crippen molar-refractivity contribution in [3.63, 3.8) is 0 Å². The number of anilines is 2. The highest BCUT2D eigenvalue weighted by atomic mass is 16.2. The Kier molecular flexibility index (Phi) is 6.88. The van der Waals surface area contributed by atoms with Crippen molar-refractivity contribution in [3.8, 4) is 11.3 Å². The number of pyridine rings is 1. The maximum Gasteiger partial charge on any atom is 0.255 e. The summed E-state index contributed by atoms with van der Waals surface area (Å²) < 4.78 is 1.79. The SMILES string of the molecule is CNC(=O)c1ccc(C(=O)Nc2cc(NC(=O)c3ccc4c(c3)c(-c3ccncc3)nn4C)ccc2C)cc1. The molecular formula is C30H26N6O3. The Balaban J connectivity index is 1.35. The normalized spacial score (nSPS) is 10.7. The van der Waals surface area contributed by atoms with Gasteiger partial charge in [0, 0.05) is 65.5 Å². The van der Waals surface area contributed by atoms with Gasteiger partial charge >= 0.3 is 0 Å². The summed E-state index contributed by atoms with van der Waals surface area (Å²) in [5, 5.41) is 13.9. The van der Waals surface area contributed by atoms with E-state index < -0.39 is 0 Å². The summed E-state index contributed by atoms with van der Waals surface area (Å²) in [5.74, 6) is -0.833. The minimum absolute atomic E-state index is 0.225. The highest BCUT2D eigenvalue weighted by Gasteiger charge is 2.15. The van der Waals surface area contributed by atoms with E-state index in [1.165, 1.54) is 0 Å². The largest absolute Gasteiger partial charge is 0.355 e. The van der Waals surface area contributed by atoms with Gasteiger partial charge in [0.15, 0.2) is 0 Å². The first kappa shape index (κ1) is 25.3. The average molecular weight is 519 g/mol. The summed E-state index contributed by atoms with van der Waals surface area (Å²) in [6.07, 6.45) is 3.42. The fourth-order valence-corrected chi connectivity index (χ4v) is 4.28. The second-order valence-corrected chi connectivity index (χ2v) is 9.03. The Hall–Kier alpha value is -5.31. The first-order valence-electron chi connectivity index (χ1n) is 12.3. The van der Waals surface area contributed by atoms with E-state index in [1.54, 1.807) is 66.6 Å². The molecule has 5 rings (SSSR count). The van der Waals surface area contributed by atoms with Gasteiger partial charge in [0.25, 0.3) is 17.7 Å². The lowest BCUT2D eigenvalue weighted by Crippen LogP contribution is -2.18. The van der Waals surface area contributed by atoms with Gasteiger partial charge in [-0.25, -0.2) is 0 Å².